The van der Waals surface area contributed by atoms with Crippen molar-refractivity contribution in [3.63, 3.8) is 0 Å². The lowest BCUT2D eigenvalue weighted by molar-refractivity contribution is -0.117. The molecule has 4 rings (SSSR count). The predicted octanol–water partition coefficient (Wildman–Crippen LogP) is 2.48. The number of anilines is 2. The number of carbonyl (C=O) groups is 1. The molecule has 2 unspecified atom stereocenters. The zero-order valence-corrected chi connectivity index (χ0v) is 17.6. The van der Waals surface area contributed by atoms with Gasteiger partial charge in [0, 0.05) is 6.07 Å². The minimum Gasteiger partial charge on any atom is -0.411 e. The fraction of sp³-hybridized carbons (Fsp3) is 0.333. The number of rotatable bonds is 7. The Kier molecular flexibility index (Phi) is 6.06. The van der Waals surface area contributed by atoms with Crippen molar-refractivity contribution >= 4 is 35.2 Å². The van der Waals surface area contributed by atoms with Gasteiger partial charge in [0.2, 0.25) is 5.91 Å². The summed E-state index contributed by atoms with van der Waals surface area (Å²) in [6.45, 7) is 4.19. The first-order valence-electron chi connectivity index (χ1n) is 10.2. The predicted molar refractivity (Wildman–Crippen MR) is 118 cm³/mol. The van der Waals surface area contributed by atoms with E-state index in [1.165, 1.54) is 6.33 Å². The van der Waals surface area contributed by atoms with Crippen LogP contribution in [0.15, 0.2) is 40.5 Å². The van der Waals surface area contributed by atoms with Gasteiger partial charge in [0.05, 0.1) is 53.5 Å². The van der Waals surface area contributed by atoms with Gasteiger partial charge < -0.3 is 21.2 Å². The van der Waals surface area contributed by atoms with E-state index in [0.717, 1.165) is 16.9 Å². The van der Waals surface area contributed by atoms with Crippen LogP contribution in [0.5, 0.6) is 0 Å². The molecule has 1 saturated carbocycles. The van der Waals surface area contributed by atoms with Crippen LogP contribution >= 0.6 is 0 Å². The van der Waals surface area contributed by atoms with Crippen LogP contribution < -0.4 is 16.0 Å². The van der Waals surface area contributed by atoms with E-state index in [1.807, 2.05) is 19.9 Å². The molecule has 0 bridgehead atoms. The molecular formula is C21H23FN8O2. The van der Waals surface area contributed by atoms with Crippen molar-refractivity contribution in [2.75, 3.05) is 17.2 Å². The molecule has 10 nitrogen and oxygen atoms in total. The van der Waals surface area contributed by atoms with E-state index in [9.17, 15) is 9.18 Å². The van der Waals surface area contributed by atoms with Crippen LogP contribution in [0.25, 0.3) is 5.70 Å². The lowest BCUT2D eigenvalue weighted by Gasteiger charge is -2.20. The summed E-state index contributed by atoms with van der Waals surface area (Å²) in [5, 5.41) is 21.5. The number of oxime groups is 1. The molecule has 11 heteroatoms. The van der Waals surface area contributed by atoms with Gasteiger partial charge in [-0.2, -0.15) is 0 Å². The molecule has 0 radical (unpaired) electrons. The zero-order chi connectivity index (χ0) is 22.7. The highest BCUT2D eigenvalue weighted by Crippen LogP contribution is 2.34. The summed E-state index contributed by atoms with van der Waals surface area (Å²) >= 11 is 0. The molecule has 166 valence electrons. The van der Waals surface area contributed by atoms with Gasteiger partial charge >= 0.3 is 0 Å². The zero-order valence-electron chi connectivity index (χ0n) is 17.6. The van der Waals surface area contributed by atoms with E-state index in [0.29, 0.717) is 41.6 Å². The maximum Gasteiger partial charge on any atom is 0.231 e. The second-order valence-corrected chi connectivity index (χ2v) is 7.51. The van der Waals surface area contributed by atoms with Crippen molar-refractivity contribution < 1.29 is 14.4 Å². The quantitative estimate of drug-likeness (QED) is 0.296. The highest BCUT2D eigenvalue weighted by molar-refractivity contribution is 5.98. The molecular weight excluding hydrogens is 415 g/mol. The van der Waals surface area contributed by atoms with Crippen molar-refractivity contribution in [2.24, 2.45) is 16.1 Å². The summed E-state index contributed by atoms with van der Waals surface area (Å²) in [6.07, 6.45) is 4.30. The van der Waals surface area contributed by atoms with Crippen molar-refractivity contribution in [1.82, 2.24) is 20.3 Å². The number of aromatic nitrogens is 3. The maximum atomic E-state index is 13.1. The molecule has 32 heavy (non-hydrogen) atoms. The van der Waals surface area contributed by atoms with Crippen LogP contribution in [0.4, 0.5) is 15.9 Å². The number of hydrogen-bond acceptors (Lipinski definition) is 9. The highest BCUT2D eigenvalue weighted by Gasteiger charge is 2.43. The monoisotopic (exact) mass is 438 g/mol. The van der Waals surface area contributed by atoms with Crippen molar-refractivity contribution in [3.05, 3.63) is 47.3 Å². The van der Waals surface area contributed by atoms with Crippen molar-refractivity contribution in [1.29, 1.82) is 0 Å². The SMILES string of the molecule is CC/C(=N\O)c1cc(C)c(NC2=C(c3cc(NC(=O)C4CC4F)ncn3)NC=NC2)cn1. The number of nitrogens with one attached hydrogen (secondary N) is 3. The van der Waals surface area contributed by atoms with Gasteiger partial charge in [0.25, 0.3) is 0 Å². The van der Waals surface area contributed by atoms with E-state index >= 15 is 0 Å². The molecule has 2 aromatic rings. The van der Waals surface area contributed by atoms with Crippen LogP contribution in [0.2, 0.25) is 0 Å². The normalized spacial score (nSPS) is 20.0. The van der Waals surface area contributed by atoms with E-state index in [1.54, 1.807) is 18.6 Å². The molecule has 2 atom stereocenters. The second-order valence-electron chi connectivity index (χ2n) is 7.51. The largest absolute Gasteiger partial charge is 0.411 e. The van der Waals surface area contributed by atoms with E-state index in [-0.39, 0.29) is 12.3 Å². The first-order chi connectivity index (χ1) is 15.5. The number of aryl methyl sites for hydroxylation is 1. The minimum atomic E-state index is -1.08. The Labute approximate surface area is 183 Å². The molecule has 2 aromatic heterocycles. The Morgan fingerprint density at radius 3 is 2.84 bits per heavy atom. The number of carbonyl (C=O) groups excluding carboxylic acids is 1. The molecule has 0 aromatic carbocycles. The number of nitrogens with zero attached hydrogens (tertiary/aromatic N) is 5. The first kappa shape index (κ1) is 21.3. The summed E-state index contributed by atoms with van der Waals surface area (Å²) in [7, 11) is 0. The lowest BCUT2D eigenvalue weighted by atomic mass is 10.1. The van der Waals surface area contributed by atoms with Gasteiger partial charge in [0.1, 0.15) is 24.0 Å². The van der Waals surface area contributed by atoms with Gasteiger partial charge in [-0.15, -0.1) is 0 Å². The molecule has 1 amide bonds. The molecule has 1 fully saturated rings. The molecule has 4 N–H and O–H groups in total. The second kappa shape index (κ2) is 9.08. The smallest absolute Gasteiger partial charge is 0.231 e. The summed E-state index contributed by atoms with van der Waals surface area (Å²) in [4.78, 5) is 29.0. The number of pyridine rings is 1. The third-order valence-corrected chi connectivity index (χ3v) is 5.22. The number of alkyl halides is 1. The first-order valence-corrected chi connectivity index (χ1v) is 10.2. The lowest BCUT2D eigenvalue weighted by Crippen LogP contribution is -2.23. The standard InChI is InChI=1S/C21H23FN8O2/c1-3-14(30-32)15-4-11(2)17(8-24-15)28-18-7-23-9-27-20(18)16-6-19(26-10-25-16)29-21(31)12-5-13(12)22/h4,6,8-10,12-13,28,32H,3,5,7H2,1-2H3,(H,23,27)(H,25,26,29,31)/b30-14+. The number of hydrogen-bond donors (Lipinski definition) is 4. The molecule has 0 spiro atoms. The van der Waals surface area contributed by atoms with E-state index in [2.05, 4.69) is 41.1 Å². The van der Waals surface area contributed by atoms with E-state index < -0.39 is 12.1 Å². The van der Waals surface area contributed by atoms with Crippen LogP contribution in [0.3, 0.4) is 0 Å². The van der Waals surface area contributed by atoms with E-state index in [4.69, 9.17) is 5.21 Å². The minimum absolute atomic E-state index is 0.247. The number of aliphatic imine (C=N–C) groups is 1. The van der Waals surface area contributed by atoms with Gasteiger partial charge in [-0.3, -0.25) is 14.8 Å². The Hall–Kier alpha value is -3.89. The molecule has 1 aliphatic heterocycles. The van der Waals surface area contributed by atoms with Gasteiger partial charge in [-0.25, -0.2) is 14.4 Å². The van der Waals surface area contributed by atoms with Crippen LogP contribution in [-0.2, 0) is 4.79 Å². The third-order valence-electron chi connectivity index (χ3n) is 5.22. The molecule has 0 saturated heterocycles. The maximum absolute atomic E-state index is 13.1. The molecule has 3 heterocycles. The summed E-state index contributed by atoms with van der Waals surface area (Å²) < 4.78 is 13.1. The molecule has 2 aliphatic rings. The number of halogens is 1. The van der Waals surface area contributed by atoms with Crippen molar-refractivity contribution in [2.45, 2.75) is 32.9 Å². The molecule has 1 aliphatic carbocycles. The third kappa shape index (κ3) is 4.56. The van der Waals surface area contributed by atoms with Crippen LogP contribution in [0, 0.1) is 12.8 Å². The average molecular weight is 438 g/mol. The average Bonchev–Trinajstić information content (AvgIpc) is 3.54. The summed E-state index contributed by atoms with van der Waals surface area (Å²) in [5.41, 5.74) is 4.74. The number of amides is 1. The summed E-state index contributed by atoms with van der Waals surface area (Å²) in [6, 6.07) is 3.46. The Bertz CT molecular complexity index is 1130. The van der Waals surface area contributed by atoms with Gasteiger partial charge in [-0.1, -0.05) is 12.1 Å². The van der Waals surface area contributed by atoms with Gasteiger partial charge in [-0.05, 0) is 31.4 Å². The Morgan fingerprint density at radius 1 is 1.34 bits per heavy atom. The Morgan fingerprint density at radius 2 is 2.16 bits per heavy atom. The Balaban J connectivity index is 1.58. The highest BCUT2D eigenvalue weighted by atomic mass is 19.1. The van der Waals surface area contributed by atoms with Crippen molar-refractivity contribution in [3.8, 4) is 0 Å². The van der Waals surface area contributed by atoms with Crippen LogP contribution in [-0.4, -0.2) is 50.8 Å². The topological polar surface area (TPSA) is 137 Å². The van der Waals surface area contributed by atoms with Crippen LogP contribution in [0.1, 0.15) is 36.7 Å². The summed E-state index contributed by atoms with van der Waals surface area (Å²) in [5.74, 6) is -0.688. The van der Waals surface area contributed by atoms with Gasteiger partial charge in [0.15, 0.2) is 0 Å². The fourth-order valence-electron chi connectivity index (χ4n) is 3.27. The fourth-order valence-corrected chi connectivity index (χ4v) is 3.27.